The largest absolute Gasteiger partial charge is 0.394 e. The number of rotatable bonds is 71. The zero-order chi connectivity index (χ0) is 60.1. The van der Waals surface area contributed by atoms with Crippen molar-refractivity contribution in [2.45, 2.75) is 443 Å². The first kappa shape index (κ1) is 81.5. The summed E-state index contributed by atoms with van der Waals surface area (Å²) in [6, 6.07) is -1.00. The average molecular weight is 1170 g/mol. The van der Waals surface area contributed by atoms with Crippen molar-refractivity contribution in [3.8, 4) is 0 Å². The Balaban J connectivity index is 3.54. The van der Waals surface area contributed by atoms with Crippen LogP contribution in [0.5, 0.6) is 0 Å². The van der Waals surface area contributed by atoms with E-state index in [0.717, 1.165) is 44.9 Å². The Morgan fingerprint density at radius 2 is 0.530 bits per heavy atom. The maximum absolute atomic E-state index is 12.7. The lowest BCUT2D eigenvalue weighted by atomic mass is 10.00. The average Bonchev–Trinajstić information content (AvgIpc) is 3.54. The third-order valence-electron chi connectivity index (χ3n) is 18.1. The van der Waals surface area contributed by atoms with Crippen LogP contribution < -0.4 is 5.32 Å². The van der Waals surface area contributed by atoms with E-state index in [-0.39, 0.29) is 0 Å². The van der Waals surface area contributed by atoms with Crippen LogP contribution in [0.25, 0.3) is 0 Å². The first-order chi connectivity index (χ1) is 41.0. The maximum Gasteiger partial charge on any atom is 0.249 e. The summed E-state index contributed by atoms with van der Waals surface area (Å²) in [5.41, 5.74) is 0. The van der Waals surface area contributed by atoms with E-state index in [1.54, 1.807) is 0 Å². The molecule has 6 nitrogen and oxygen atoms in total. The number of hydrogen-bond acceptors (Lipinski definition) is 5. The van der Waals surface area contributed by atoms with Crippen LogP contribution in [0.2, 0.25) is 0 Å². The van der Waals surface area contributed by atoms with E-state index in [4.69, 9.17) is 0 Å². The molecule has 4 atom stereocenters. The van der Waals surface area contributed by atoms with E-state index in [1.807, 2.05) is 0 Å². The smallest absolute Gasteiger partial charge is 0.249 e. The fourth-order valence-corrected chi connectivity index (χ4v) is 12.2. The zero-order valence-corrected chi connectivity index (χ0v) is 56.2. The van der Waals surface area contributed by atoms with Crippen molar-refractivity contribution in [3.05, 3.63) is 36.5 Å². The second kappa shape index (κ2) is 71.3. The minimum Gasteiger partial charge on any atom is -0.394 e. The van der Waals surface area contributed by atoms with Gasteiger partial charge in [-0.3, -0.25) is 4.79 Å². The molecule has 0 fully saturated rings. The van der Waals surface area contributed by atoms with Crippen molar-refractivity contribution < 1.29 is 25.2 Å². The summed E-state index contributed by atoms with van der Waals surface area (Å²) in [5.74, 6) is -0.587. The van der Waals surface area contributed by atoms with Crippen LogP contribution >= 0.6 is 0 Å². The highest BCUT2D eigenvalue weighted by Crippen LogP contribution is 2.20. The van der Waals surface area contributed by atoms with Gasteiger partial charge in [-0.1, -0.05) is 384 Å². The molecular formula is C77H149NO5. The van der Waals surface area contributed by atoms with Crippen LogP contribution in [0, 0.1) is 0 Å². The lowest BCUT2D eigenvalue weighted by molar-refractivity contribution is -0.132. The first-order valence-electron chi connectivity index (χ1n) is 37.9. The zero-order valence-electron chi connectivity index (χ0n) is 56.2. The molecule has 492 valence electrons. The molecule has 0 heterocycles. The van der Waals surface area contributed by atoms with E-state index in [9.17, 15) is 25.2 Å². The lowest BCUT2D eigenvalue weighted by Gasteiger charge is -2.27. The van der Waals surface area contributed by atoms with Gasteiger partial charge in [0.1, 0.15) is 12.2 Å². The molecule has 0 saturated carbocycles. The number of nitrogens with one attached hydrogen (secondary N) is 1. The van der Waals surface area contributed by atoms with Gasteiger partial charge in [0.05, 0.1) is 18.8 Å². The molecule has 4 unspecified atom stereocenters. The van der Waals surface area contributed by atoms with E-state index in [0.29, 0.717) is 12.8 Å². The quantitative estimate of drug-likeness (QED) is 0.0308. The summed E-state index contributed by atoms with van der Waals surface area (Å²) in [6.45, 7) is 4.10. The molecule has 0 bridgehead atoms. The van der Waals surface area contributed by atoms with Gasteiger partial charge in [-0.2, -0.15) is 0 Å². The van der Waals surface area contributed by atoms with Crippen molar-refractivity contribution in [1.82, 2.24) is 5.32 Å². The van der Waals surface area contributed by atoms with Crippen LogP contribution in [-0.4, -0.2) is 57.3 Å². The molecule has 0 aromatic heterocycles. The normalized spacial score (nSPS) is 13.6. The number of amides is 1. The molecule has 5 N–H and O–H groups in total. The summed E-state index contributed by atoms with van der Waals surface area (Å²) < 4.78 is 0. The number of allylic oxidation sites excluding steroid dienone is 6. The van der Waals surface area contributed by atoms with Crippen LogP contribution in [0.15, 0.2) is 36.5 Å². The highest BCUT2D eigenvalue weighted by atomic mass is 16.3. The summed E-state index contributed by atoms with van der Waals surface area (Å²) in [4.78, 5) is 12.7. The molecule has 0 radical (unpaired) electrons. The number of carbonyl (C=O) groups is 1. The molecule has 0 aromatic carbocycles. The molecule has 6 heteroatoms. The molecule has 0 rings (SSSR count). The Hall–Kier alpha value is -1.47. The Labute approximate surface area is 519 Å². The van der Waals surface area contributed by atoms with Gasteiger partial charge >= 0.3 is 0 Å². The van der Waals surface area contributed by atoms with Gasteiger partial charge in [-0.05, 0) is 70.6 Å². The third kappa shape index (κ3) is 64.8. The molecule has 0 aliphatic carbocycles. The minimum absolute atomic E-state index is 0.365. The van der Waals surface area contributed by atoms with Crippen LogP contribution in [0.4, 0.5) is 0 Å². The number of aliphatic hydroxyl groups is 4. The summed E-state index contributed by atoms with van der Waals surface area (Å²) in [7, 11) is 0. The van der Waals surface area contributed by atoms with Crippen LogP contribution in [-0.2, 0) is 4.79 Å². The van der Waals surface area contributed by atoms with E-state index >= 15 is 0 Å². The Morgan fingerprint density at radius 1 is 0.301 bits per heavy atom. The van der Waals surface area contributed by atoms with Gasteiger partial charge in [-0.25, -0.2) is 0 Å². The number of unbranched alkanes of at least 4 members (excludes halogenated alkanes) is 56. The van der Waals surface area contributed by atoms with E-state index in [2.05, 4.69) is 55.6 Å². The van der Waals surface area contributed by atoms with Crippen molar-refractivity contribution >= 4 is 5.91 Å². The topological polar surface area (TPSA) is 110 Å². The van der Waals surface area contributed by atoms with Gasteiger partial charge in [-0.15, -0.1) is 0 Å². The van der Waals surface area contributed by atoms with Crippen molar-refractivity contribution in [1.29, 1.82) is 0 Å². The van der Waals surface area contributed by atoms with Gasteiger partial charge in [0.15, 0.2) is 0 Å². The SMILES string of the molecule is CCCCCCCCCCCCCCCCC/C=C\C/C=C\CCCCCCCCCCCCCCCCCCC(O)C(=O)NC(CO)C(O)C(O)CCC/C=C/CCCCCCCCCCCCCCCCCCCCCCCCCC. The van der Waals surface area contributed by atoms with Crippen LogP contribution in [0.3, 0.4) is 0 Å². The molecule has 83 heavy (non-hydrogen) atoms. The highest BCUT2D eigenvalue weighted by Gasteiger charge is 2.28. The number of carbonyl (C=O) groups excluding carboxylic acids is 1. The summed E-state index contributed by atoms with van der Waals surface area (Å²) >= 11 is 0. The van der Waals surface area contributed by atoms with Gasteiger partial charge < -0.3 is 25.7 Å². The fourth-order valence-electron chi connectivity index (χ4n) is 12.2. The Bertz CT molecular complexity index is 1320. The molecule has 0 saturated heterocycles. The number of hydrogen-bond donors (Lipinski definition) is 5. The first-order valence-corrected chi connectivity index (χ1v) is 37.9. The predicted octanol–water partition coefficient (Wildman–Crippen LogP) is 23.8. The van der Waals surface area contributed by atoms with Gasteiger partial charge in [0.2, 0.25) is 5.91 Å². The summed E-state index contributed by atoms with van der Waals surface area (Å²) in [5, 5.41) is 44.3. The highest BCUT2D eigenvalue weighted by molar-refractivity contribution is 5.80. The standard InChI is InChI=1S/C77H149NO5/c1-3-5-7-9-11-13-15-17-19-21-23-25-27-29-31-33-34-35-36-37-38-39-40-41-43-45-47-49-51-53-55-57-59-61-63-65-67-69-71-75(81)77(83)78-73(72-79)76(82)74(80)70-68-66-64-62-60-58-56-54-52-50-48-46-44-42-32-30-28-26-24-22-20-18-16-14-12-10-8-6-4-2/h34-35,37-38,62,64,73-76,79-82H,3-33,36,39-61,63,65-72H2,1-2H3,(H,78,83)/b35-34-,38-37-,64-62+. The van der Waals surface area contributed by atoms with Crippen molar-refractivity contribution in [2.75, 3.05) is 6.61 Å². The van der Waals surface area contributed by atoms with Gasteiger partial charge in [0, 0.05) is 0 Å². The maximum atomic E-state index is 12.7. The molecule has 0 aliphatic heterocycles. The van der Waals surface area contributed by atoms with Crippen LogP contribution in [0.1, 0.15) is 418 Å². The molecule has 0 aliphatic rings. The molecule has 0 spiro atoms. The molecule has 0 aromatic rings. The summed E-state index contributed by atoms with van der Waals surface area (Å²) in [6.07, 6.45) is 93.0. The Morgan fingerprint density at radius 3 is 0.795 bits per heavy atom. The van der Waals surface area contributed by atoms with Gasteiger partial charge in [0.25, 0.3) is 0 Å². The van der Waals surface area contributed by atoms with E-state index in [1.165, 1.54) is 347 Å². The van der Waals surface area contributed by atoms with Crippen molar-refractivity contribution in [2.24, 2.45) is 0 Å². The monoisotopic (exact) mass is 1170 g/mol. The fraction of sp³-hybridized carbons (Fsp3) is 0.909. The molecule has 1 amide bonds. The van der Waals surface area contributed by atoms with E-state index < -0.39 is 36.9 Å². The van der Waals surface area contributed by atoms with Crippen molar-refractivity contribution in [3.63, 3.8) is 0 Å². The second-order valence-electron chi connectivity index (χ2n) is 26.3. The Kier molecular flexibility index (Phi) is 70.0. The number of aliphatic hydroxyl groups excluding tert-OH is 4. The third-order valence-corrected chi connectivity index (χ3v) is 18.1. The molecular weight excluding hydrogens is 1020 g/mol. The lowest BCUT2D eigenvalue weighted by Crippen LogP contribution is -2.53. The second-order valence-corrected chi connectivity index (χ2v) is 26.3. The predicted molar refractivity (Wildman–Crippen MR) is 367 cm³/mol. The minimum atomic E-state index is -1.28.